The third kappa shape index (κ3) is 2.44. The van der Waals surface area contributed by atoms with Gasteiger partial charge in [-0.2, -0.15) is 0 Å². The van der Waals surface area contributed by atoms with Crippen molar-refractivity contribution < 1.29 is 9.53 Å². The van der Waals surface area contributed by atoms with E-state index in [0.717, 1.165) is 11.3 Å². The highest BCUT2D eigenvalue weighted by molar-refractivity contribution is 6.32. The lowest BCUT2D eigenvalue weighted by atomic mass is 9.78. The summed E-state index contributed by atoms with van der Waals surface area (Å²) in [4.78, 5) is 16.4. The molecule has 1 atom stereocenters. The number of nitrogens with one attached hydrogen (secondary N) is 1. The molecule has 24 heavy (non-hydrogen) atoms. The number of benzene rings is 1. The van der Waals surface area contributed by atoms with Gasteiger partial charge in [0.15, 0.2) is 11.5 Å². The van der Waals surface area contributed by atoms with Crippen LogP contribution >= 0.6 is 11.6 Å². The number of fused-ring (bicyclic) bond motifs is 1. The Kier molecular flexibility index (Phi) is 3.90. The van der Waals surface area contributed by atoms with Gasteiger partial charge in [0.05, 0.1) is 23.9 Å². The Morgan fingerprint density at radius 1 is 1.33 bits per heavy atom. The Morgan fingerprint density at radius 3 is 2.71 bits per heavy atom. The van der Waals surface area contributed by atoms with Crippen molar-refractivity contribution in [2.45, 2.75) is 25.3 Å². The number of esters is 1. The summed E-state index contributed by atoms with van der Waals surface area (Å²) < 4.78 is 4.80. The molecule has 6 heteroatoms. The van der Waals surface area contributed by atoms with Gasteiger partial charge in [0.1, 0.15) is 0 Å². The van der Waals surface area contributed by atoms with Crippen molar-refractivity contribution in [3.8, 4) is 0 Å². The number of methoxy groups -OCH3 is 1. The molecule has 5 nitrogen and oxygen atoms in total. The Bertz CT molecular complexity index is 777. The molecule has 1 fully saturated rings. The van der Waals surface area contributed by atoms with Crippen molar-refractivity contribution in [1.82, 2.24) is 10.4 Å². The van der Waals surface area contributed by atoms with Crippen LogP contribution in [0.2, 0.25) is 5.02 Å². The number of ether oxygens (including phenoxy) is 1. The second-order valence-electron chi connectivity index (χ2n) is 6.19. The van der Waals surface area contributed by atoms with Crippen molar-refractivity contribution in [3.63, 3.8) is 0 Å². The predicted octanol–water partition coefficient (Wildman–Crippen LogP) is 4.02. The highest BCUT2D eigenvalue weighted by Gasteiger charge is 2.40. The fourth-order valence-corrected chi connectivity index (χ4v) is 3.64. The molecule has 4 rings (SSSR count). The highest BCUT2D eigenvalue weighted by atomic mass is 35.5. The molecule has 0 bridgehead atoms. The molecule has 2 heterocycles. The van der Waals surface area contributed by atoms with E-state index in [1.165, 1.54) is 26.4 Å². The summed E-state index contributed by atoms with van der Waals surface area (Å²) >= 11 is 6.53. The molecular weight excluding hydrogens is 326 g/mol. The molecule has 1 aromatic heterocycles. The Hall–Kier alpha value is -2.11. The van der Waals surface area contributed by atoms with E-state index in [9.17, 15) is 4.79 Å². The molecule has 1 aromatic carbocycles. The molecule has 0 amide bonds. The summed E-state index contributed by atoms with van der Waals surface area (Å²) in [7, 11) is 1.34. The standard InChI is InChI=1S/C18H18ClN3O2/c1-24-18(23)14-10-13(19)15-16(11-6-5-7-11)21-22(17(15)20-14)12-8-3-2-4-9-12/h2-4,8-11,16,21H,5-7H2,1H3. The van der Waals surface area contributed by atoms with Gasteiger partial charge in [-0.3, -0.25) is 5.01 Å². The van der Waals surface area contributed by atoms with Gasteiger partial charge in [0, 0.05) is 5.56 Å². The summed E-state index contributed by atoms with van der Waals surface area (Å²) in [5.74, 6) is 0.742. The van der Waals surface area contributed by atoms with Crippen molar-refractivity contribution in [1.29, 1.82) is 0 Å². The normalized spacial score (nSPS) is 19.8. The average molecular weight is 344 g/mol. The van der Waals surface area contributed by atoms with E-state index in [1.54, 1.807) is 6.07 Å². The molecule has 1 aliphatic heterocycles. The van der Waals surface area contributed by atoms with E-state index in [2.05, 4.69) is 10.4 Å². The van der Waals surface area contributed by atoms with Gasteiger partial charge in [-0.05, 0) is 37.0 Å². The largest absolute Gasteiger partial charge is 0.464 e. The zero-order chi connectivity index (χ0) is 16.7. The fourth-order valence-electron chi connectivity index (χ4n) is 3.33. The number of rotatable bonds is 3. The lowest BCUT2D eigenvalue weighted by Crippen LogP contribution is -2.35. The number of carbonyl (C=O) groups excluding carboxylic acids is 1. The summed E-state index contributed by atoms with van der Waals surface area (Å²) in [5.41, 5.74) is 5.69. The quantitative estimate of drug-likeness (QED) is 0.853. The van der Waals surface area contributed by atoms with Gasteiger partial charge in [-0.15, -0.1) is 0 Å². The molecule has 1 unspecified atom stereocenters. The molecule has 2 aromatic rings. The van der Waals surface area contributed by atoms with Gasteiger partial charge < -0.3 is 4.74 Å². The van der Waals surface area contributed by atoms with Crippen LogP contribution in [0.1, 0.15) is 41.4 Å². The summed E-state index contributed by atoms with van der Waals surface area (Å²) in [6, 6.07) is 11.6. The number of hydrogen-bond donors (Lipinski definition) is 1. The van der Waals surface area contributed by atoms with E-state index >= 15 is 0 Å². The maximum Gasteiger partial charge on any atom is 0.356 e. The molecule has 1 aliphatic carbocycles. The monoisotopic (exact) mass is 343 g/mol. The van der Waals surface area contributed by atoms with Crippen LogP contribution in [-0.4, -0.2) is 18.1 Å². The Balaban J connectivity index is 1.83. The van der Waals surface area contributed by atoms with E-state index in [0.29, 0.717) is 16.8 Å². The smallest absolute Gasteiger partial charge is 0.356 e. The van der Waals surface area contributed by atoms with Crippen molar-refractivity contribution >= 4 is 29.1 Å². The molecule has 0 spiro atoms. The Morgan fingerprint density at radius 2 is 2.08 bits per heavy atom. The summed E-state index contributed by atoms with van der Waals surface area (Å²) in [6.45, 7) is 0. The number of anilines is 2. The van der Waals surface area contributed by atoms with Crippen molar-refractivity contribution in [2.24, 2.45) is 5.92 Å². The first-order valence-electron chi connectivity index (χ1n) is 8.09. The molecule has 124 valence electrons. The first-order valence-corrected chi connectivity index (χ1v) is 8.47. The zero-order valence-corrected chi connectivity index (χ0v) is 14.1. The minimum Gasteiger partial charge on any atom is -0.464 e. The number of pyridine rings is 1. The number of hydrazine groups is 1. The van der Waals surface area contributed by atoms with Crippen molar-refractivity contribution in [3.05, 3.63) is 52.7 Å². The second-order valence-corrected chi connectivity index (χ2v) is 6.59. The second kappa shape index (κ2) is 6.07. The van der Waals surface area contributed by atoms with Gasteiger partial charge in [0.25, 0.3) is 0 Å². The number of para-hydroxylation sites is 1. The number of hydrogen-bond acceptors (Lipinski definition) is 5. The van der Waals surface area contributed by atoms with Crippen LogP contribution < -0.4 is 10.4 Å². The third-order valence-electron chi connectivity index (χ3n) is 4.81. The molecule has 0 radical (unpaired) electrons. The first kappa shape index (κ1) is 15.4. The van der Waals surface area contributed by atoms with Crippen LogP contribution in [0, 0.1) is 5.92 Å². The van der Waals surface area contributed by atoms with E-state index < -0.39 is 5.97 Å². The summed E-state index contributed by atoms with van der Waals surface area (Å²) in [5, 5.41) is 2.49. The minimum atomic E-state index is -0.486. The fraction of sp³-hybridized carbons (Fsp3) is 0.333. The van der Waals surface area contributed by atoms with Gasteiger partial charge in [0.2, 0.25) is 0 Å². The lowest BCUT2D eigenvalue weighted by molar-refractivity contribution is 0.0594. The topological polar surface area (TPSA) is 54.5 Å². The zero-order valence-electron chi connectivity index (χ0n) is 13.3. The van der Waals surface area contributed by atoms with Gasteiger partial charge in [-0.1, -0.05) is 36.2 Å². The molecule has 1 N–H and O–H groups in total. The van der Waals surface area contributed by atoms with Gasteiger partial charge in [-0.25, -0.2) is 15.2 Å². The van der Waals surface area contributed by atoms with Crippen LogP contribution in [0.25, 0.3) is 0 Å². The number of nitrogens with zero attached hydrogens (tertiary/aromatic N) is 2. The Labute approximate surface area is 145 Å². The van der Waals surface area contributed by atoms with Crippen LogP contribution in [0.4, 0.5) is 11.5 Å². The summed E-state index contributed by atoms with van der Waals surface area (Å²) in [6.07, 6.45) is 3.60. The van der Waals surface area contributed by atoms with Gasteiger partial charge >= 0.3 is 5.97 Å². The van der Waals surface area contributed by atoms with Crippen LogP contribution in [0.3, 0.4) is 0 Å². The number of halogens is 1. The van der Waals surface area contributed by atoms with Crippen molar-refractivity contribution in [2.75, 3.05) is 12.1 Å². The SMILES string of the molecule is COC(=O)c1cc(Cl)c2c(n1)N(c1ccccc1)NC2C1CCC1. The lowest BCUT2D eigenvalue weighted by Gasteiger charge is -2.32. The maximum absolute atomic E-state index is 11.9. The predicted molar refractivity (Wildman–Crippen MR) is 92.4 cm³/mol. The van der Waals surface area contributed by atoms with E-state index in [4.69, 9.17) is 16.3 Å². The van der Waals surface area contributed by atoms with Crippen LogP contribution in [0.5, 0.6) is 0 Å². The number of carbonyl (C=O) groups is 1. The number of aromatic nitrogens is 1. The molecule has 1 saturated carbocycles. The average Bonchev–Trinajstić information content (AvgIpc) is 2.93. The molecule has 0 saturated heterocycles. The molecular formula is C18H18ClN3O2. The van der Waals surface area contributed by atoms with Crippen LogP contribution in [-0.2, 0) is 4.74 Å². The molecule has 2 aliphatic rings. The van der Waals surface area contributed by atoms with E-state index in [-0.39, 0.29) is 11.7 Å². The third-order valence-corrected chi connectivity index (χ3v) is 5.12. The maximum atomic E-state index is 11.9. The van der Waals surface area contributed by atoms with Crippen LogP contribution in [0.15, 0.2) is 36.4 Å². The van der Waals surface area contributed by atoms with E-state index in [1.807, 2.05) is 35.3 Å². The minimum absolute atomic E-state index is 0.126. The highest BCUT2D eigenvalue weighted by Crippen LogP contribution is 2.48. The first-order chi connectivity index (χ1) is 11.7.